The molecular weight excluding hydrogens is 301 g/mol. The van der Waals surface area contributed by atoms with Crippen LogP contribution in [0.4, 0.5) is 0 Å². The minimum Gasteiger partial charge on any atom is -0.337 e. The summed E-state index contributed by atoms with van der Waals surface area (Å²) < 4.78 is -1.43. The van der Waals surface area contributed by atoms with Gasteiger partial charge in [-0.05, 0) is 24.8 Å². The monoisotopic (exact) mass is 311 g/mol. The number of halogens is 3. The van der Waals surface area contributed by atoms with Crippen LogP contribution in [-0.2, 0) is 3.79 Å². The molecule has 0 radical (unpaired) electrons. The zero-order valence-electron chi connectivity index (χ0n) is 9.32. The maximum absolute atomic E-state index is 7.10. The molecule has 94 valence electrons. The van der Waals surface area contributed by atoms with Gasteiger partial charge in [0.05, 0.1) is 5.69 Å². The van der Waals surface area contributed by atoms with Crippen molar-refractivity contribution in [3.8, 4) is 6.19 Å². The summed E-state index contributed by atoms with van der Waals surface area (Å²) in [6, 6.07) is 3.68. The van der Waals surface area contributed by atoms with Gasteiger partial charge in [-0.25, -0.2) is 0 Å². The average molecular weight is 313 g/mol. The molecule has 0 bridgehead atoms. The first-order valence-electron chi connectivity index (χ1n) is 4.52. The summed E-state index contributed by atoms with van der Waals surface area (Å²) in [6.07, 6.45) is 5.05. The minimum absolute atomic E-state index is 0.409. The minimum atomic E-state index is -1.43. The Bertz CT molecular complexity index is 370. The molecule has 1 atom stereocenters. The number of nitriles is 1. The standard InChI is InChI=1S/C9H10Cl3NS.CH2N2/c1-6(14-2)7-3-4-8(13-5-7)9(10,11)12;2-1-3/h3-6H,1-2H3;2H2. The highest BCUT2D eigenvalue weighted by Gasteiger charge is 2.24. The Balaban J connectivity index is 0.000000770. The molecule has 7 heteroatoms. The van der Waals surface area contributed by atoms with Crippen molar-refractivity contribution in [2.24, 2.45) is 5.73 Å². The fraction of sp³-hybridized carbons (Fsp3) is 0.400. The largest absolute Gasteiger partial charge is 0.337 e. The van der Waals surface area contributed by atoms with Crippen LogP contribution in [0.15, 0.2) is 18.3 Å². The molecule has 17 heavy (non-hydrogen) atoms. The van der Waals surface area contributed by atoms with Crippen molar-refractivity contribution in [1.29, 1.82) is 5.26 Å². The second-order valence-electron chi connectivity index (χ2n) is 2.98. The molecule has 2 N–H and O–H groups in total. The zero-order valence-corrected chi connectivity index (χ0v) is 12.4. The van der Waals surface area contributed by atoms with E-state index in [9.17, 15) is 0 Å². The van der Waals surface area contributed by atoms with E-state index in [-0.39, 0.29) is 0 Å². The lowest BCUT2D eigenvalue weighted by Gasteiger charge is -2.12. The Morgan fingerprint density at radius 3 is 2.29 bits per heavy atom. The first-order valence-corrected chi connectivity index (χ1v) is 6.94. The molecule has 0 amide bonds. The molecule has 1 heterocycles. The van der Waals surface area contributed by atoms with Crippen LogP contribution in [-0.4, -0.2) is 11.2 Å². The van der Waals surface area contributed by atoms with Gasteiger partial charge in [-0.15, -0.1) is 0 Å². The Kier molecular flexibility index (Phi) is 7.73. The number of aromatic nitrogens is 1. The molecule has 1 rings (SSSR count). The highest BCUT2D eigenvalue weighted by atomic mass is 35.6. The quantitative estimate of drug-likeness (QED) is 0.513. The van der Waals surface area contributed by atoms with E-state index in [2.05, 4.69) is 17.6 Å². The predicted octanol–water partition coefficient (Wildman–Crippen LogP) is 3.76. The van der Waals surface area contributed by atoms with Crippen LogP contribution in [0.25, 0.3) is 0 Å². The van der Waals surface area contributed by atoms with E-state index >= 15 is 0 Å². The van der Waals surface area contributed by atoms with Crippen molar-refractivity contribution in [3.63, 3.8) is 0 Å². The Morgan fingerprint density at radius 2 is 2.00 bits per heavy atom. The molecule has 0 aliphatic carbocycles. The van der Waals surface area contributed by atoms with Gasteiger partial charge >= 0.3 is 0 Å². The topological polar surface area (TPSA) is 62.7 Å². The second kappa shape index (κ2) is 7.88. The van der Waals surface area contributed by atoms with Crippen LogP contribution in [0.2, 0.25) is 0 Å². The van der Waals surface area contributed by atoms with Crippen LogP contribution >= 0.6 is 46.6 Å². The third-order valence-corrected chi connectivity index (χ3v) is 3.46. The van der Waals surface area contributed by atoms with Gasteiger partial charge in [0.15, 0.2) is 6.19 Å². The van der Waals surface area contributed by atoms with E-state index in [1.165, 1.54) is 6.19 Å². The number of nitrogens with zero attached hydrogens (tertiary/aromatic N) is 2. The molecule has 0 saturated carbocycles. The molecule has 0 spiro atoms. The number of hydrogen-bond donors (Lipinski definition) is 1. The number of alkyl halides is 3. The summed E-state index contributed by atoms with van der Waals surface area (Å²) in [6.45, 7) is 2.11. The SMILES string of the molecule is CSC(C)c1ccc(C(Cl)(Cl)Cl)nc1.N#CN. The lowest BCUT2D eigenvalue weighted by molar-refractivity contribution is 1.02. The molecule has 0 aliphatic heterocycles. The van der Waals surface area contributed by atoms with Gasteiger partial charge < -0.3 is 5.73 Å². The van der Waals surface area contributed by atoms with Gasteiger partial charge in [0, 0.05) is 11.4 Å². The highest BCUT2D eigenvalue weighted by molar-refractivity contribution is 7.98. The van der Waals surface area contributed by atoms with Gasteiger partial charge in [-0.3, -0.25) is 4.98 Å². The number of nitrogens with two attached hydrogens (primary N) is 1. The number of thioether (sulfide) groups is 1. The van der Waals surface area contributed by atoms with E-state index in [1.807, 2.05) is 12.3 Å². The lowest BCUT2D eigenvalue weighted by Crippen LogP contribution is -2.03. The van der Waals surface area contributed by atoms with E-state index in [4.69, 9.17) is 40.1 Å². The van der Waals surface area contributed by atoms with Crippen molar-refractivity contribution in [3.05, 3.63) is 29.6 Å². The van der Waals surface area contributed by atoms with Crippen molar-refractivity contribution in [2.45, 2.75) is 16.0 Å². The molecule has 0 saturated heterocycles. The predicted molar refractivity (Wildman–Crippen MR) is 75.2 cm³/mol. The van der Waals surface area contributed by atoms with Crippen molar-refractivity contribution < 1.29 is 0 Å². The van der Waals surface area contributed by atoms with Crippen LogP contribution in [0.1, 0.15) is 23.4 Å². The van der Waals surface area contributed by atoms with Crippen LogP contribution < -0.4 is 5.73 Å². The zero-order chi connectivity index (χ0) is 13.5. The maximum atomic E-state index is 7.10. The second-order valence-corrected chi connectivity index (χ2v) is 6.44. The third kappa shape index (κ3) is 6.23. The molecule has 0 aromatic carbocycles. The van der Waals surface area contributed by atoms with Gasteiger partial charge in [0.1, 0.15) is 0 Å². The van der Waals surface area contributed by atoms with Crippen molar-refractivity contribution >= 4 is 46.6 Å². The van der Waals surface area contributed by atoms with Gasteiger partial charge in [-0.2, -0.15) is 17.0 Å². The molecule has 0 fully saturated rings. The fourth-order valence-electron chi connectivity index (χ4n) is 0.950. The van der Waals surface area contributed by atoms with Crippen LogP contribution in [0.3, 0.4) is 0 Å². The number of pyridine rings is 1. The molecule has 1 unspecified atom stereocenters. The van der Waals surface area contributed by atoms with E-state index in [0.717, 1.165) is 5.56 Å². The van der Waals surface area contributed by atoms with E-state index < -0.39 is 3.79 Å². The first kappa shape index (κ1) is 16.7. The normalized spacial score (nSPS) is 12.0. The van der Waals surface area contributed by atoms with Gasteiger partial charge in [0.2, 0.25) is 3.79 Å². The Hall–Kier alpha value is -0.340. The van der Waals surface area contributed by atoms with E-state index in [0.29, 0.717) is 10.9 Å². The maximum Gasteiger partial charge on any atom is 0.232 e. The molecule has 3 nitrogen and oxygen atoms in total. The summed E-state index contributed by atoms with van der Waals surface area (Å²) >= 11 is 18.8. The summed E-state index contributed by atoms with van der Waals surface area (Å²) in [5.41, 5.74) is 5.75. The Morgan fingerprint density at radius 1 is 1.47 bits per heavy atom. The molecule has 0 aliphatic rings. The van der Waals surface area contributed by atoms with E-state index in [1.54, 1.807) is 24.0 Å². The average Bonchev–Trinajstić information content (AvgIpc) is 2.28. The first-order chi connectivity index (χ1) is 7.86. The fourth-order valence-corrected chi connectivity index (χ4v) is 1.70. The summed E-state index contributed by atoms with van der Waals surface area (Å²) in [4.78, 5) is 4.11. The van der Waals surface area contributed by atoms with Crippen LogP contribution in [0, 0.1) is 11.5 Å². The van der Waals surface area contributed by atoms with Gasteiger partial charge in [0.25, 0.3) is 0 Å². The third-order valence-electron chi connectivity index (χ3n) is 1.90. The molecule has 1 aromatic rings. The lowest BCUT2D eigenvalue weighted by atomic mass is 10.2. The highest BCUT2D eigenvalue weighted by Crippen LogP contribution is 2.37. The number of rotatable bonds is 2. The van der Waals surface area contributed by atoms with Crippen molar-refractivity contribution in [1.82, 2.24) is 4.98 Å². The van der Waals surface area contributed by atoms with Gasteiger partial charge in [-0.1, -0.05) is 40.9 Å². The van der Waals surface area contributed by atoms with Crippen molar-refractivity contribution in [2.75, 3.05) is 6.26 Å². The molecule has 1 aromatic heterocycles. The smallest absolute Gasteiger partial charge is 0.232 e. The molecular formula is C10H12Cl3N3S. The summed E-state index contributed by atoms with van der Waals surface area (Å²) in [5, 5.41) is 7.51. The Labute approximate surface area is 120 Å². The summed E-state index contributed by atoms with van der Waals surface area (Å²) in [7, 11) is 0. The number of hydrogen-bond acceptors (Lipinski definition) is 4. The van der Waals surface area contributed by atoms with Crippen LogP contribution in [0.5, 0.6) is 0 Å². The summed E-state index contributed by atoms with van der Waals surface area (Å²) in [5.74, 6) is 0.